The Morgan fingerprint density at radius 2 is 1.88 bits per heavy atom. The van der Waals surface area contributed by atoms with Crippen LogP contribution in [0.1, 0.15) is 0 Å². The zero-order chi connectivity index (χ0) is 11.5. The Morgan fingerprint density at radius 1 is 0.941 bits per heavy atom. The normalized spacial score (nSPS) is 10.4. The molecule has 0 saturated carbocycles. The van der Waals surface area contributed by atoms with Gasteiger partial charge in [0.05, 0.1) is 5.69 Å². The minimum Gasteiger partial charge on any atom is -0.462 e. The molecule has 0 bridgehead atoms. The van der Waals surface area contributed by atoms with Crippen LogP contribution in [0.4, 0.5) is 0 Å². The molecule has 0 N–H and O–H groups in total. The van der Waals surface area contributed by atoms with Gasteiger partial charge in [-0.2, -0.15) is 10.2 Å². The van der Waals surface area contributed by atoms with Crippen LogP contribution in [0.3, 0.4) is 0 Å². The number of pyridine rings is 1. The molecule has 0 unspecified atom stereocenters. The van der Waals surface area contributed by atoms with Gasteiger partial charge < -0.3 is 4.42 Å². The number of nitrogens with zero attached hydrogens (tertiary/aromatic N) is 3. The standard InChI is InChI=1S/C13H9N3O/c1-2-6-14-12(4-1)13-8-10(9-17-13)11-5-3-7-15-16-11/h1-9H. The van der Waals surface area contributed by atoms with Gasteiger partial charge in [-0.1, -0.05) is 6.07 Å². The van der Waals surface area contributed by atoms with Crippen LogP contribution in [0.15, 0.2) is 59.5 Å². The first kappa shape index (κ1) is 9.72. The second kappa shape index (κ2) is 4.17. The van der Waals surface area contributed by atoms with Crippen molar-refractivity contribution in [3.8, 4) is 22.7 Å². The van der Waals surface area contributed by atoms with Crippen molar-refractivity contribution in [2.45, 2.75) is 0 Å². The summed E-state index contributed by atoms with van der Waals surface area (Å²) >= 11 is 0. The summed E-state index contributed by atoms with van der Waals surface area (Å²) in [5.41, 5.74) is 2.50. The molecule has 0 amide bonds. The quantitative estimate of drug-likeness (QED) is 0.670. The van der Waals surface area contributed by atoms with E-state index in [9.17, 15) is 0 Å². The van der Waals surface area contributed by atoms with E-state index in [0.717, 1.165) is 22.7 Å². The smallest absolute Gasteiger partial charge is 0.152 e. The average molecular weight is 223 g/mol. The highest BCUT2D eigenvalue weighted by Gasteiger charge is 2.07. The lowest BCUT2D eigenvalue weighted by atomic mass is 10.2. The summed E-state index contributed by atoms with van der Waals surface area (Å²) in [5.74, 6) is 0.728. The highest BCUT2D eigenvalue weighted by Crippen LogP contribution is 2.25. The van der Waals surface area contributed by atoms with Crippen LogP contribution in [0.5, 0.6) is 0 Å². The van der Waals surface area contributed by atoms with Crippen molar-refractivity contribution in [2.75, 3.05) is 0 Å². The molecule has 3 rings (SSSR count). The molecule has 3 heterocycles. The number of aromatic nitrogens is 3. The van der Waals surface area contributed by atoms with Gasteiger partial charge in [0.15, 0.2) is 5.76 Å². The van der Waals surface area contributed by atoms with E-state index >= 15 is 0 Å². The monoisotopic (exact) mass is 223 g/mol. The highest BCUT2D eigenvalue weighted by molar-refractivity contribution is 5.64. The minimum atomic E-state index is 0.728. The average Bonchev–Trinajstić information content (AvgIpc) is 2.90. The van der Waals surface area contributed by atoms with Crippen molar-refractivity contribution >= 4 is 0 Å². The molecule has 17 heavy (non-hydrogen) atoms. The molecule has 0 spiro atoms. The fraction of sp³-hybridized carbons (Fsp3) is 0. The fourth-order valence-corrected chi connectivity index (χ4v) is 1.57. The van der Waals surface area contributed by atoms with Gasteiger partial charge in [0.2, 0.25) is 0 Å². The van der Waals surface area contributed by atoms with E-state index in [4.69, 9.17) is 4.42 Å². The summed E-state index contributed by atoms with van der Waals surface area (Å²) in [7, 11) is 0. The molecule has 4 heteroatoms. The number of rotatable bonds is 2. The van der Waals surface area contributed by atoms with Crippen molar-refractivity contribution in [3.05, 3.63) is 55.1 Å². The van der Waals surface area contributed by atoms with Crippen LogP contribution < -0.4 is 0 Å². The second-order valence-corrected chi connectivity index (χ2v) is 3.52. The summed E-state index contributed by atoms with van der Waals surface area (Å²) in [6.45, 7) is 0. The van der Waals surface area contributed by atoms with Crippen LogP contribution in [-0.4, -0.2) is 15.2 Å². The predicted octanol–water partition coefficient (Wildman–Crippen LogP) is 2.80. The van der Waals surface area contributed by atoms with Gasteiger partial charge in [-0.25, -0.2) is 0 Å². The topological polar surface area (TPSA) is 51.8 Å². The van der Waals surface area contributed by atoms with E-state index in [2.05, 4.69) is 15.2 Å². The van der Waals surface area contributed by atoms with Crippen LogP contribution in [0.2, 0.25) is 0 Å². The SMILES string of the molecule is c1ccc(-c2cc(-c3cccnn3)co2)nc1. The maximum atomic E-state index is 5.47. The predicted molar refractivity (Wildman–Crippen MR) is 63.0 cm³/mol. The number of hydrogen-bond donors (Lipinski definition) is 0. The highest BCUT2D eigenvalue weighted by atomic mass is 16.3. The summed E-state index contributed by atoms with van der Waals surface area (Å²) in [6.07, 6.45) is 5.04. The first-order valence-corrected chi connectivity index (χ1v) is 5.21. The molecule has 0 atom stereocenters. The number of furan rings is 1. The summed E-state index contributed by atoms with van der Waals surface area (Å²) in [5, 5.41) is 7.86. The van der Waals surface area contributed by atoms with Gasteiger partial charge in [-0.05, 0) is 30.3 Å². The first-order chi connectivity index (χ1) is 8.43. The molecule has 3 aromatic heterocycles. The van der Waals surface area contributed by atoms with Gasteiger partial charge in [0.25, 0.3) is 0 Å². The van der Waals surface area contributed by atoms with Crippen molar-refractivity contribution < 1.29 is 4.42 Å². The molecule has 82 valence electrons. The Morgan fingerprint density at radius 3 is 2.65 bits per heavy atom. The summed E-state index contributed by atoms with van der Waals surface area (Å²) in [6, 6.07) is 11.3. The maximum absolute atomic E-state index is 5.47. The molecule has 0 aromatic carbocycles. The Labute approximate surface area is 98.0 Å². The molecule has 0 saturated heterocycles. The second-order valence-electron chi connectivity index (χ2n) is 3.52. The zero-order valence-electron chi connectivity index (χ0n) is 8.95. The van der Waals surface area contributed by atoms with E-state index in [1.165, 1.54) is 0 Å². The third kappa shape index (κ3) is 1.92. The Balaban J connectivity index is 1.99. The summed E-state index contributed by atoms with van der Waals surface area (Å²) < 4.78 is 5.47. The van der Waals surface area contributed by atoms with Gasteiger partial charge in [-0.3, -0.25) is 4.98 Å². The van der Waals surface area contributed by atoms with E-state index in [1.54, 1.807) is 18.7 Å². The third-order valence-electron chi connectivity index (χ3n) is 2.38. The van der Waals surface area contributed by atoms with Gasteiger partial charge >= 0.3 is 0 Å². The largest absolute Gasteiger partial charge is 0.462 e. The molecule has 0 aliphatic rings. The van der Waals surface area contributed by atoms with Gasteiger partial charge in [0.1, 0.15) is 12.0 Å². The van der Waals surface area contributed by atoms with Crippen LogP contribution in [-0.2, 0) is 0 Å². The van der Waals surface area contributed by atoms with E-state index in [1.807, 2.05) is 36.4 Å². The zero-order valence-corrected chi connectivity index (χ0v) is 8.95. The first-order valence-electron chi connectivity index (χ1n) is 5.21. The maximum Gasteiger partial charge on any atom is 0.152 e. The Kier molecular flexibility index (Phi) is 2.38. The van der Waals surface area contributed by atoms with Crippen molar-refractivity contribution in [2.24, 2.45) is 0 Å². The molecule has 4 nitrogen and oxygen atoms in total. The van der Waals surface area contributed by atoms with Crippen molar-refractivity contribution in [1.82, 2.24) is 15.2 Å². The van der Waals surface area contributed by atoms with Crippen LogP contribution in [0, 0.1) is 0 Å². The number of hydrogen-bond acceptors (Lipinski definition) is 4. The van der Waals surface area contributed by atoms with E-state index in [-0.39, 0.29) is 0 Å². The van der Waals surface area contributed by atoms with Crippen LogP contribution >= 0.6 is 0 Å². The molecule has 0 aliphatic heterocycles. The minimum absolute atomic E-state index is 0.728. The lowest BCUT2D eigenvalue weighted by Gasteiger charge is -1.92. The van der Waals surface area contributed by atoms with E-state index < -0.39 is 0 Å². The Hall–Kier alpha value is -2.49. The third-order valence-corrected chi connectivity index (χ3v) is 2.38. The van der Waals surface area contributed by atoms with Gasteiger partial charge in [0, 0.05) is 18.0 Å². The molecule has 0 fully saturated rings. The van der Waals surface area contributed by atoms with Crippen LogP contribution in [0.25, 0.3) is 22.7 Å². The molecule has 3 aromatic rings. The molecular weight excluding hydrogens is 214 g/mol. The lowest BCUT2D eigenvalue weighted by Crippen LogP contribution is -1.82. The summed E-state index contributed by atoms with van der Waals surface area (Å²) in [4.78, 5) is 4.23. The van der Waals surface area contributed by atoms with Crippen molar-refractivity contribution in [3.63, 3.8) is 0 Å². The van der Waals surface area contributed by atoms with Gasteiger partial charge in [-0.15, -0.1) is 0 Å². The molecule has 0 radical (unpaired) electrons. The van der Waals surface area contributed by atoms with E-state index in [0.29, 0.717) is 0 Å². The molecule has 0 aliphatic carbocycles. The molecular formula is C13H9N3O. The Bertz CT molecular complexity index is 551. The van der Waals surface area contributed by atoms with Crippen molar-refractivity contribution in [1.29, 1.82) is 0 Å². The fourth-order valence-electron chi connectivity index (χ4n) is 1.57. The lowest BCUT2D eigenvalue weighted by molar-refractivity contribution is 0.580.